The van der Waals surface area contributed by atoms with Gasteiger partial charge in [0.05, 0.1) is 5.52 Å². The van der Waals surface area contributed by atoms with E-state index in [9.17, 15) is 9.59 Å². The standard InChI is InChI=1S/C21H29N3O3/c1-14(22-20(26)27-21(3,4)5)13-23-12-10-16-8-9-18-17(19(16)23)7-6-11-24(18)15(2)25/h8-10,12,14H,6-7,11,13H2,1-5H3,(H,22,26). The molecule has 0 fully saturated rings. The van der Waals surface area contributed by atoms with E-state index >= 15 is 0 Å². The second kappa shape index (κ2) is 7.25. The van der Waals surface area contributed by atoms with Gasteiger partial charge in [0.25, 0.3) is 0 Å². The summed E-state index contributed by atoms with van der Waals surface area (Å²) in [6, 6.07) is 6.12. The Labute approximate surface area is 160 Å². The number of alkyl carbamates (subject to hydrolysis) is 1. The first-order valence-corrected chi connectivity index (χ1v) is 9.54. The number of nitrogens with zero attached hydrogens (tertiary/aromatic N) is 2. The molecule has 2 heterocycles. The molecule has 1 aromatic heterocycles. The van der Waals surface area contributed by atoms with E-state index in [4.69, 9.17) is 4.74 Å². The Morgan fingerprint density at radius 1 is 1.26 bits per heavy atom. The lowest BCUT2D eigenvalue weighted by atomic mass is 9.99. The Kier molecular flexibility index (Phi) is 5.18. The summed E-state index contributed by atoms with van der Waals surface area (Å²) < 4.78 is 7.51. The van der Waals surface area contributed by atoms with Gasteiger partial charge in [0, 0.05) is 48.9 Å². The molecule has 0 saturated heterocycles. The molecular weight excluding hydrogens is 342 g/mol. The van der Waals surface area contributed by atoms with Crippen LogP contribution in [0.25, 0.3) is 10.9 Å². The summed E-state index contributed by atoms with van der Waals surface area (Å²) in [6.45, 7) is 10.5. The van der Waals surface area contributed by atoms with Crippen molar-refractivity contribution < 1.29 is 14.3 Å². The molecule has 0 radical (unpaired) electrons. The van der Waals surface area contributed by atoms with Crippen LogP contribution < -0.4 is 10.2 Å². The maximum absolute atomic E-state index is 12.0. The summed E-state index contributed by atoms with van der Waals surface area (Å²) in [5.74, 6) is 0.0772. The van der Waals surface area contributed by atoms with Crippen molar-refractivity contribution in [2.45, 2.75) is 65.6 Å². The average Bonchev–Trinajstić information content (AvgIpc) is 2.95. The van der Waals surface area contributed by atoms with Crippen molar-refractivity contribution in [3.63, 3.8) is 0 Å². The van der Waals surface area contributed by atoms with Gasteiger partial charge in [-0.25, -0.2) is 4.79 Å². The number of hydrogen-bond donors (Lipinski definition) is 1. The Morgan fingerprint density at radius 2 is 2.00 bits per heavy atom. The highest BCUT2D eigenvalue weighted by Gasteiger charge is 2.24. The summed E-state index contributed by atoms with van der Waals surface area (Å²) in [5.41, 5.74) is 2.85. The lowest BCUT2D eigenvalue weighted by Gasteiger charge is -2.29. The van der Waals surface area contributed by atoms with Crippen molar-refractivity contribution in [1.82, 2.24) is 9.88 Å². The molecule has 1 N–H and O–H groups in total. The number of aromatic nitrogens is 1. The molecule has 1 atom stereocenters. The fourth-order valence-electron chi connectivity index (χ4n) is 3.72. The van der Waals surface area contributed by atoms with Crippen molar-refractivity contribution >= 4 is 28.6 Å². The molecule has 3 rings (SSSR count). The van der Waals surface area contributed by atoms with Crippen LogP contribution in [0.4, 0.5) is 10.5 Å². The molecule has 6 heteroatoms. The van der Waals surface area contributed by atoms with E-state index in [1.54, 1.807) is 6.92 Å². The topological polar surface area (TPSA) is 63.6 Å². The highest BCUT2D eigenvalue weighted by Crippen LogP contribution is 2.34. The van der Waals surface area contributed by atoms with Crippen LogP contribution in [-0.2, 0) is 22.5 Å². The van der Waals surface area contributed by atoms with E-state index in [0.29, 0.717) is 6.54 Å². The summed E-state index contributed by atoms with van der Waals surface area (Å²) >= 11 is 0. The lowest BCUT2D eigenvalue weighted by Crippen LogP contribution is -2.39. The molecule has 1 aromatic carbocycles. The summed E-state index contributed by atoms with van der Waals surface area (Å²) in [7, 11) is 0. The average molecular weight is 371 g/mol. The van der Waals surface area contributed by atoms with E-state index in [-0.39, 0.29) is 11.9 Å². The third-order valence-corrected chi connectivity index (χ3v) is 4.72. The highest BCUT2D eigenvalue weighted by atomic mass is 16.6. The zero-order valence-corrected chi connectivity index (χ0v) is 16.8. The Morgan fingerprint density at radius 3 is 2.67 bits per heavy atom. The molecular formula is C21H29N3O3. The number of anilines is 1. The van der Waals surface area contributed by atoms with Gasteiger partial charge in [-0.15, -0.1) is 0 Å². The maximum Gasteiger partial charge on any atom is 0.407 e. The molecule has 0 saturated carbocycles. The second-order valence-electron chi connectivity index (χ2n) is 8.29. The summed E-state index contributed by atoms with van der Waals surface area (Å²) in [4.78, 5) is 25.9. The molecule has 6 nitrogen and oxygen atoms in total. The summed E-state index contributed by atoms with van der Waals surface area (Å²) in [6.07, 6.45) is 3.55. The molecule has 2 aromatic rings. The molecule has 1 unspecified atom stereocenters. The van der Waals surface area contributed by atoms with Crippen molar-refractivity contribution in [3.8, 4) is 0 Å². The van der Waals surface area contributed by atoms with E-state index in [2.05, 4.69) is 22.0 Å². The third-order valence-electron chi connectivity index (χ3n) is 4.72. The van der Waals surface area contributed by atoms with Crippen LogP contribution in [0.5, 0.6) is 0 Å². The number of benzene rings is 1. The fraction of sp³-hybridized carbons (Fsp3) is 0.524. The molecule has 1 aliphatic rings. The normalized spacial score (nSPS) is 15.4. The number of ether oxygens (including phenoxy) is 1. The smallest absolute Gasteiger partial charge is 0.407 e. The van der Waals surface area contributed by atoms with Gasteiger partial charge in [0.15, 0.2) is 0 Å². The minimum absolute atomic E-state index is 0.0772. The number of rotatable bonds is 3. The monoisotopic (exact) mass is 371 g/mol. The van der Waals surface area contributed by atoms with E-state index < -0.39 is 11.7 Å². The van der Waals surface area contributed by atoms with Gasteiger partial charge in [0.1, 0.15) is 5.60 Å². The largest absolute Gasteiger partial charge is 0.444 e. The van der Waals surface area contributed by atoms with Gasteiger partial charge >= 0.3 is 6.09 Å². The lowest BCUT2D eigenvalue weighted by molar-refractivity contribution is -0.116. The van der Waals surface area contributed by atoms with Crippen LogP contribution in [0.2, 0.25) is 0 Å². The second-order valence-corrected chi connectivity index (χ2v) is 8.29. The Hall–Kier alpha value is -2.50. The third kappa shape index (κ3) is 4.26. The highest BCUT2D eigenvalue weighted by molar-refractivity contribution is 5.97. The van der Waals surface area contributed by atoms with Gasteiger partial charge < -0.3 is 19.5 Å². The number of carbonyl (C=O) groups excluding carboxylic acids is 2. The molecule has 0 bridgehead atoms. The van der Waals surface area contributed by atoms with Crippen molar-refractivity contribution in [3.05, 3.63) is 30.0 Å². The van der Waals surface area contributed by atoms with Gasteiger partial charge in [-0.2, -0.15) is 0 Å². The number of fused-ring (bicyclic) bond motifs is 3. The van der Waals surface area contributed by atoms with Crippen LogP contribution >= 0.6 is 0 Å². The zero-order chi connectivity index (χ0) is 19.8. The van der Waals surface area contributed by atoms with Crippen LogP contribution in [0.15, 0.2) is 24.4 Å². The van der Waals surface area contributed by atoms with Crippen molar-refractivity contribution in [1.29, 1.82) is 0 Å². The Balaban J connectivity index is 1.84. The minimum Gasteiger partial charge on any atom is -0.444 e. The number of amides is 2. The van der Waals surface area contributed by atoms with Crippen LogP contribution in [0, 0.1) is 0 Å². The number of aryl methyl sites for hydroxylation is 1. The quantitative estimate of drug-likeness (QED) is 0.891. The summed E-state index contributed by atoms with van der Waals surface area (Å²) in [5, 5.41) is 4.06. The minimum atomic E-state index is -0.515. The van der Waals surface area contributed by atoms with E-state index in [1.165, 1.54) is 5.56 Å². The molecule has 146 valence electrons. The molecule has 2 amide bonds. The van der Waals surface area contributed by atoms with Gasteiger partial charge in [-0.1, -0.05) is 6.07 Å². The number of nitrogens with one attached hydrogen (secondary N) is 1. The van der Waals surface area contributed by atoms with Gasteiger partial charge in [-0.05, 0) is 52.7 Å². The first kappa shape index (κ1) is 19.3. The predicted molar refractivity (Wildman–Crippen MR) is 107 cm³/mol. The SMILES string of the molecule is CC(=O)N1CCCc2c1ccc1ccn(CC(C)NC(=O)OC(C)(C)C)c21. The first-order valence-electron chi connectivity index (χ1n) is 9.54. The van der Waals surface area contributed by atoms with E-state index in [1.807, 2.05) is 44.9 Å². The maximum atomic E-state index is 12.0. The number of carbonyl (C=O) groups is 2. The zero-order valence-electron chi connectivity index (χ0n) is 16.8. The van der Waals surface area contributed by atoms with Gasteiger partial charge in [-0.3, -0.25) is 4.79 Å². The number of hydrogen-bond acceptors (Lipinski definition) is 3. The molecule has 27 heavy (non-hydrogen) atoms. The van der Waals surface area contributed by atoms with Crippen LogP contribution in [0.1, 0.15) is 46.6 Å². The molecule has 0 spiro atoms. The van der Waals surface area contributed by atoms with Gasteiger partial charge in [0.2, 0.25) is 5.91 Å². The van der Waals surface area contributed by atoms with Crippen molar-refractivity contribution in [2.24, 2.45) is 0 Å². The van der Waals surface area contributed by atoms with Crippen molar-refractivity contribution in [2.75, 3.05) is 11.4 Å². The van der Waals surface area contributed by atoms with E-state index in [0.717, 1.165) is 36.0 Å². The Bertz CT molecular complexity index is 863. The molecule has 1 aliphatic heterocycles. The first-order chi connectivity index (χ1) is 12.7. The fourth-order valence-corrected chi connectivity index (χ4v) is 3.72. The molecule has 0 aliphatic carbocycles. The van der Waals surface area contributed by atoms with Crippen LogP contribution in [-0.4, -0.2) is 34.8 Å². The van der Waals surface area contributed by atoms with Crippen LogP contribution in [0.3, 0.4) is 0 Å². The predicted octanol–water partition coefficient (Wildman–Crippen LogP) is 3.85.